The van der Waals surface area contributed by atoms with Crippen molar-refractivity contribution in [2.45, 2.75) is 52.0 Å². The molecule has 1 fully saturated rings. The van der Waals surface area contributed by atoms with Crippen molar-refractivity contribution in [2.24, 2.45) is 17.6 Å². The predicted octanol–water partition coefficient (Wildman–Crippen LogP) is 4.97. The third-order valence-electron chi connectivity index (χ3n) is 4.49. The summed E-state index contributed by atoms with van der Waals surface area (Å²) >= 11 is 3.61. The summed E-state index contributed by atoms with van der Waals surface area (Å²) < 4.78 is 1.18. The molecular weight excluding hydrogens is 286 g/mol. The van der Waals surface area contributed by atoms with Crippen LogP contribution < -0.4 is 5.73 Å². The zero-order chi connectivity index (χ0) is 13.1. The number of nitrogens with two attached hydrogens (primary N) is 1. The summed E-state index contributed by atoms with van der Waals surface area (Å²) in [6.45, 7) is 4.42. The van der Waals surface area contributed by atoms with Gasteiger partial charge in [0.1, 0.15) is 0 Å². The van der Waals surface area contributed by atoms with E-state index in [1.807, 2.05) is 0 Å². The Hall–Kier alpha value is -0.340. The molecule has 1 aromatic rings. The van der Waals surface area contributed by atoms with Crippen LogP contribution in [0.25, 0.3) is 0 Å². The molecule has 1 nitrogen and oxygen atoms in total. The molecule has 100 valence electrons. The minimum absolute atomic E-state index is 0.205. The molecule has 1 aliphatic rings. The van der Waals surface area contributed by atoms with E-state index in [1.54, 1.807) is 0 Å². The van der Waals surface area contributed by atoms with Gasteiger partial charge in [0.25, 0.3) is 0 Å². The van der Waals surface area contributed by atoms with Crippen molar-refractivity contribution >= 4 is 15.9 Å². The van der Waals surface area contributed by atoms with Gasteiger partial charge in [-0.2, -0.15) is 0 Å². The summed E-state index contributed by atoms with van der Waals surface area (Å²) in [5.41, 5.74) is 9.05. The molecule has 1 saturated carbocycles. The summed E-state index contributed by atoms with van der Waals surface area (Å²) in [7, 11) is 0. The van der Waals surface area contributed by atoms with Crippen molar-refractivity contribution in [3.8, 4) is 0 Å². The second kappa shape index (κ2) is 6.21. The van der Waals surface area contributed by atoms with Gasteiger partial charge in [-0.3, -0.25) is 0 Å². The van der Waals surface area contributed by atoms with Crippen LogP contribution in [0.5, 0.6) is 0 Å². The van der Waals surface area contributed by atoms with Gasteiger partial charge in [-0.15, -0.1) is 0 Å². The zero-order valence-electron chi connectivity index (χ0n) is 11.5. The number of hydrogen-bond acceptors (Lipinski definition) is 1. The van der Waals surface area contributed by atoms with Crippen LogP contribution in [0.1, 0.15) is 56.2 Å². The van der Waals surface area contributed by atoms with Crippen LogP contribution in [0.2, 0.25) is 0 Å². The molecule has 2 N–H and O–H groups in total. The molecule has 1 aromatic carbocycles. The molecule has 0 aliphatic heterocycles. The standard InChI is InChI=1S/C16H24BrN/c1-3-12-5-4-6-13(9-12)16(18)14-8-7-11(2)15(17)10-14/h7-8,10,12-13,16H,3-6,9,18H2,1-2H3. The smallest absolute Gasteiger partial charge is 0.0324 e. The Bertz CT molecular complexity index is 402. The number of benzene rings is 1. The third-order valence-corrected chi connectivity index (χ3v) is 5.34. The maximum atomic E-state index is 6.48. The van der Waals surface area contributed by atoms with Crippen molar-refractivity contribution in [1.82, 2.24) is 0 Å². The van der Waals surface area contributed by atoms with Crippen molar-refractivity contribution in [3.05, 3.63) is 33.8 Å². The lowest BCUT2D eigenvalue weighted by Gasteiger charge is -2.32. The number of aryl methyl sites for hydroxylation is 1. The number of rotatable bonds is 3. The highest BCUT2D eigenvalue weighted by atomic mass is 79.9. The van der Waals surface area contributed by atoms with Crippen LogP contribution in [0.3, 0.4) is 0 Å². The number of halogens is 1. The first-order valence-electron chi connectivity index (χ1n) is 7.13. The normalized spacial score (nSPS) is 26.0. The fourth-order valence-corrected chi connectivity index (χ4v) is 3.51. The Morgan fingerprint density at radius 3 is 2.83 bits per heavy atom. The van der Waals surface area contributed by atoms with Gasteiger partial charge in [0.2, 0.25) is 0 Å². The molecule has 18 heavy (non-hydrogen) atoms. The fraction of sp³-hybridized carbons (Fsp3) is 0.625. The summed E-state index contributed by atoms with van der Waals surface area (Å²) in [5, 5.41) is 0. The molecule has 2 heteroatoms. The van der Waals surface area contributed by atoms with Crippen LogP contribution in [-0.2, 0) is 0 Å². The molecule has 2 rings (SSSR count). The summed E-state index contributed by atoms with van der Waals surface area (Å²) in [6.07, 6.45) is 6.66. The van der Waals surface area contributed by atoms with E-state index in [2.05, 4.69) is 48.0 Å². The van der Waals surface area contributed by atoms with Crippen LogP contribution in [-0.4, -0.2) is 0 Å². The molecule has 0 saturated heterocycles. The van der Waals surface area contributed by atoms with Crippen LogP contribution >= 0.6 is 15.9 Å². The molecule has 0 spiro atoms. The lowest BCUT2D eigenvalue weighted by atomic mass is 9.75. The van der Waals surface area contributed by atoms with Gasteiger partial charge in [-0.05, 0) is 48.8 Å². The van der Waals surface area contributed by atoms with Crippen LogP contribution in [0.15, 0.2) is 22.7 Å². The van der Waals surface area contributed by atoms with Gasteiger partial charge >= 0.3 is 0 Å². The largest absolute Gasteiger partial charge is 0.324 e. The van der Waals surface area contributed by atoms with Gasteiger partial charge < -0.3 is 5.73 Å². The van der Waals surface area contributed by atoms with Crippen molar-refractivity contribution in [3.63, 3.8) is 0 Å². The first-order valence-corrected chi connectivity index (χ1v) is 7.92. The minimum Gasteiger partial charge on any atom is -0.324 e. The van der Waals surface area contributed by atoms with Crippen LogP contribution in [0.4, 0.5) is 0 Å². The van der Waals surface area contributed by atoms with Gasteiger partial charge in [0.15, 0.2) is 0 Å². The average molecular weight is 310 g/mol. The molecule has 3 unspecified atom stereocenters. The first kappa shape index (κ1) is 14.1. The lowest BCUT2D eigenvalue weighted by molar-refractivity contribution is 0.230. The molecule has 0 bridgehead atoms. The maximum absolute atomic E-state index is 6.48. The molecule has 3 atom stereocenters. The monoisotopic (exact) mass is 309 g/mol. The summed E-state index contributed by atoms with van der Waals surface area (Å²) in [5.74, 6) is 1.56. The van der Waals surface area contributed by atoms with E-state index in [0.29, 0.717) is 5.92 Å². The highest BCUT2D eigenvalue weighted by Gasteiger charge is 2.26. The fourth-order valence-electron chi connectivity index (χ4n) is 3.12. The second-order valence-corrected chi connectivity index (χ2v) is 6.59. The molecule has 0 aromatic heterocycles. The molecule has 0 radical (unpaired) electrons. The topological polar surface area (TPSA) is 26.0 Å². The maximum Gasteiger partial charge on any atom is 0.0324 e. The van der Waals surface area contributed by atoms with Crippen molar-refractivity contribution in [1.29, 1.82) is 0 Å². The van der Waals surface area contributed by atoms with Crippen molar-refractivity contribution in [2.75, 3.05) is 0 Å². The van der Waals surface area contributed by atoms with Crippen molar-refractivity contribution < 1.29 is 0 Å². The Balaban J connectivity index is 2.10. The minimum atomic E-state index is 0.205. The van der Waals surface area contributed by atoms with E-state index in [0.717, 1.165) is 5.92 Å². The van der Waals surface area contributed by atoms with E-state index in [1.165, 1.54) is 47.7 Å². The quantitative estimate of drug-likeness (QED) is 0.837. The van der Waals surface area contributed by atoms with E-state index in [9.17, 15) is 0 Å². The van der Waals surface area contributed by atoms with Gasteiger partial charge in [0.05, 0.1) is 0 Å². The molecule has 1 aliphatic carbocycles. The Morgan fingerprint density at radius 2 is 2.17 bits per heavy atom. The van der Waals surface area contributed by atoms with Gasteiger partial charge in [-0.25, -0.2) is 0 Å². The predicted molar refractivity (Wildman–Crippen MR) is 81.5 cm³/mol. The number of hydrogen-bond donors (Lipinski definition) is 1. The highest BCUT2D eigenvalue weighted by molar-refractivity contribution is 9.10. The summed E-state index contributed by atoms with van der Waals surface area (Å²) in [6, 6.07) is 6.77. The zero-order valence-corrected chi connectivity index (χ0v) is 13.0. The van der Waals surface area contributed by atoms with E-state index in [4.69, 9.17) is 5.73 Å². The molecular formula is C16H24BrN. The van der Waals surface area contributed by atoms with E-state index >= 15 is 0 Å². The highest BCUT2D eigenvalue weighted by Crippen LogP contribution is 2.37. The van der Waals surface area contributed by atoms with Gasteiger partial charge in [0, 0.05) is 10.5 Å². The SMILES string of the molecule is CCC1CCCC(C(N)c2ccc(C)c(Br)c2)C1. The Labute approximate surface area is 119 Å². The Morgan fingerprint density at radius 1 is 1.39 bits per heavy atom. The molecule has 0 heterocycles. The summed E-state index contributed by atoms with van der Waals surface area (Å²) in [4.78, 5) is 0. The van der Waals surface area contributed by atoms with Crippen LogP contribution in [0, 0.1) is 18.8 Å². The first-order chi connectivity index (χ1) is 8.61. The average Bonchev–Trinajstić information content (AvgIpc) is 2.41. The third kappa shape index (κ3) is 3.16. The van der Waals surface area contributed by atoms with E-state index in [-0.39, 0.29) is 6.04 Å². The van der Waals surface area contributed by atoms with E-state index < -0.39 is 0 Å². The Kier molecular flexibility index (Phi) is 4.85. The second-order valence-electron chi connectivity index (χ2n) is 5.74. The lowest BCUT2D eigenvalue weighted by Crippen LogP contribution is -2.26. The van der Waals surface area contributed by atoms with Gasteiger partial charge in [-0.1, -0.05) is 54.2 Å². The molecule has 0 amide bonds.